The summed E-state index contributed by atoms with van der Waals surface area (Å²) >= 11 is 5.07. The second-order valence-corrected chi connectivity index (χ2v) is 9.06. The fourth-order valence-corrected chi connectivity index (χ4v) is 4.14. The average molecular weight is 470 g/mol. The van der Waals surface area contributed by atoms with Crippen LogP contribution in [0, 0.1) is 13.8 Å². The summed E-state index contributed by atoms with van der Waals surface area (Å²) in [6, 6.07) is 20.4. The first-order valence-electron chi connectivity index (χ1n) is 9.39. The van der Waals surface area contributed by atoms with Crippen molar-refractivity contribution in [2.75, 3.05) is 0 Å². The summed E-state index contributed by atoms with van der Waals surface area (Å²) in [6.45, 7) is 6.02. The van der Waals surface area contributed by atoms with Gasteiger partial charge in [0.1, 0.15) is 0 Å². The first kappa shape index (κ1) is 21.4. The highest BCUT2D eigenvalue weighted by molar-refractivity contribution is 9.10. The molecular formula is C23H24BrN3OS. The number of benzene rings is 2. The van der Waals surface area contributed by atoms with Crippen LogP contribution in [0.4, 0.5) is 0 Å². The van der Waals surface area contributed by atoms with E-state index in [0.29, 0.717) is 0 Å². The molecule has 0 aliphatic rings. The third-order valence-corrected chi connectivity index (χ3v) is 6.39. The van der Waals surface area contributed by atoms with Crippen LogP contribution in [0.2, 0.25) is 0 Å². The van der Waals surface area contributed by atoms with Crippen LogP contribution in [0.3, 0.4) is 0 Å². The number of aryl methyl sites for hydroxylation is 1. The predicted octanol–water partition coefficient (Wildman–Crippen LogP) is 5.63. The van der Waals surface area contributed by atoms with Gasteiger partial charge in [-0.3, -0.25) is 4.79 Å². The molecule has 0 saturated heterocycles. The Bertz CT molecular complexity index is 997. The first-order valence-corrected chi connectivity index (χ1v) is 11.2. The molecule has 1 aromatic heterocycles. The molecule has 0 bridgehead atoms. The molecule has 1 amide bonds. The molecule has 6 heteroatoms. The number of hydrazone groups is 1. The number of halogens is 1. The molecule has 0 aliphatic carbocycles. The van der Waals surface area contributed by atoms with E-state index in [0.717, 1.165) is 32.9 Å². The van der Waals surface area contributed by atoms with Crippen molar-refractivity contribution in [3.63, 3.8) is 0 Å². The summed E-state index contributed by atoms with van der Waals surface area (Å²) in [5.41, 5.74) is 8.14. The molecule has 150 valence electrons. The monoisotopic (exact) mass is 469 g/mol. The smallest absolute Gasteiger partial charge is 0.252 e. The number of hydrogen-bond donors (Lipinski definition) is 1. The Kier molecular flexibility index (Phi) is 7.34. The minimum Gasteiger partial charge on any atom is -0.318 e. The Balaban J connectivity index is 1.60. The molecule has 0 fully saturated rings. The van der Waals surface area contributed by atoms with Crippen molar-refractivity contribution < 1.29 is 4.79 Å². The highest BCUT2D eigenvalue weighted by atomic mass is 79.9. The Hall–Kier alpha value is -2.31. The number of nitrogens with zero attached hydrogens (tertiary/aromatic N) is 2. The van der Waals surface area contributed by atoms with E-state index in [9.17, 15) is 4.79 Å². The molecule has 1 heterocycles. The standard InChI is InChI=1S/C23H24BrN3OS/c1-16-13-20(17(2)27(16)22-11-9-21(24)10-12-22)14-25-26-23(28)18(3)29-15-19-7-5-4-6-8-19/h4-14,18H,15H2,1-3H3,(H,26,28)/b25-14-/t18-/m1/s1. The predicted molar refractivity (Wildman–Crippen MR) is 126 cm³/mol. The molecule has 0 saturated carbocycles. The van der Waals surface area contributed by atoms with Crippen LogP contribution in [-0.2, 0) is 10.5 Å². The maximum atomic E-state index is 12.3. The zero-order chi connectivity index (χ0) is 20.8. The molecule has 0 radical (unpaired) electrons. The summed E-state index contributed by atoms with van der Waals surface area (Å²) < 4.78 is 3.22. The van der Waals surface area contributed by atoms with Gasteiger partial charge in [-0.05, 0) is 56.7 Å². The highest BCUT2D eigenvalue weighted by Gasteiger charge is 2.13. The van der Waals surface area contributed by atoms with Crippen molar-refractivity contribution >= 4 is 39.8 Å². The first-order chi connectivity index (χ1) is 14.0. The van der Waals surface area contributed by atoms with Crippen LogP contribution in [0.1, 0.15) is 29.4 Å². The van der Waals surface area contributed by atoms with Crippen LogP contribution < -0.4 is 5.43 Å². The topological polar surface area (TPSA) is 46.4 Å². The van der Waals surface area contributed by atoms with Gasteiger partial charge in [0, 0.05) is 32.9 Å². The minimum absolute atomic E-state index is 0.0936. The summed E-state index contributed by atoms with van der Waals surface area (Å²) in [4.78, 5) is 12.3. The van der Waals surface area contributed by atoms with Crippen molar-refractivity contribution in [1.29, 1.82) is 0 Å². The normalized spacial score (nSPS) is 12.3. The fraction of sp³-hybridized carbons (Fsp3) is 0.217. The van der Waals surface area contributed by atoms with E-state index >= 15 is 0 Å². The lowest BCUT2D eigenvalue weighted by atomic mass is 10.2. The van der Waals surface area contributed by atoms with Crippen molar-refractivity contribution in [3.8, 4) is 5.69 Å². The van der Waals surface area contributed by atoms with E-state index in [-0.39, 0.29) is 11.2 Å². The van der Waals surface area contributed by atoms with Crippen LogP contribution in [0.15, 0.2) is 70.2 Å². The molecule has 0 unspecified atom stereocenters. The van der Waals surface area contributed by atoms with Gasteiger partial charge in [-0.1, -0.05) is 46.3 Å². The van der Waals surface area contributed by atoms with E-state index in [4.69, 9.17) is 0 Å². The molecule has 0 spiro atoms. The minimum atomic E-state index is -0.178. The Labute approximate surface area is 184 Å². The van der Waals surface area contributed by atoms with Gasteiger partial charge in [0.05, 0.1) is 11.5 Å². The number of rotatable bonds is 7. The molecule has 2 aromatic carbocycles. The summed E-state index contributed by atoms with van der Waals surface area (Å²) in [5.74, 6) is 0.705. The van der Waals surface area contributed by atoms with E-state index in [2.05, 4.69) is 75.2 Å². The number of aromatic nitrogens is 1. The van der Waals surface area contributed by atoms with Gasteiger partial charge in [0.2, 0.25) is 0 Å². The Morgan fingerprint density at radius 3 is 2.55 bits per heavy atom. The van der Waals surface area contributed by atoms with Gasteiger partial charge in [-0.2, -0.15) is 5.10 Å². The Morgan fingerprint density at radius 2 is 1.86 bits per heavy atom. The van der Waals surface area contributed by atoms with Gasteiger partial charge >= 0.3 is 0 Å². The number of carbonyl (C=O) groups excluding carboxylic acids is 1. The second-order valence-electron chi connectivity index (χ2n) is 6.81. The van der Waals surface area contributed by atoms with Gasteiger partial charge in [0.25, 0.3) is 5.91 Å². The van der Waals surface area contributed by atoms with Crippen LogP contribution >= 0.6 is 27.7 Å². The largest absolute Gasteiger partial charge is 0.318 e. The van der Waals surface area contributed by atoms with Crippen LogP contribution in [0.5, 0.6) is 0 Å². The molecule has 3 rings (SSSR count). The van der Waals surface area contributed by atoms with Crippen LogP contribution in [0.25, 0.3) is 5.69 Å². The van der Waals surface area contributed by atoms with E-state index in [1.807, 2.05) is 37.3 Å². The Morgan fingerprint density at radius 1 is 1.17 bits per heavy atom. The number of amides is 1. The molecule has 4 nitrogen and oxygen atoms in total. The number of hydrogen-bond acceptors (Lipinski definition) is 3. The number of nitrogens with one attached hydrogen (secondary N) is 1. The second kappa shape index (κ2) is 9.94. The zero-order valence-electron chi connectivity index (χ0n) is 16.7. The van der Waals surface area contributed by atoms with Crippen LogP contribution in [-0.4, -0.2) is 21.9 Å². The summed E-state index contributed by atoms with van der Waals surface area (Å²) in [6.07, 6.45) is 1.71. The third-order valence-electron chi connectivity index (χ3n) is 4.65. The lowest BCUT2D eigenvalue weighted by Crippen LogP contribution is -2.27. The lowest BCUT2D eigenvalue weighted by Gasteiger charge is -2.10. The maximum absolute atomic E-state index is 12.3. The third kappa shape index (κ3) is 5.61. The molecule has 3 aromatic rings. The number of carbonyl (C=O) groups is 1. The van der Waals surface area contributed by atoms with Crippen molar-refractivity contribution in [3.05, 3.63) is 87.7 Å². The van der Waals surface area contributed by atoms with E-state index in [1.54, 1.807) is 18.0 Å². The van der Waals surface area contributed by atoms with Crippen molar-refractivity contribution in [2.24, 2.45) is 5.10 Å². The lowest BCUT2D eigenvalue weighted by molar-refractivity contribution is -0.120. The van der Waals surface area contributed by atoms with E-state index < -0.39 is 0 Å². The van der Waals surface area contributed by atoms with Crippen molar-refractivity contribution in [1.82, 2.24) is 9.99 Å². The van der Waals surface area contributed by atoms with Gasteiger partial charge in [0.15, 0.2) is 0 Å². The average Bonchev–Trinajstić information content (AvgIpc) is 3.01. The quantitative estimate of drug-likeness (QED) is 0.360. The molecule has 0 aliphatic heterocycles. The SMILES string of the molecule is Cc1cc(/C=N\NC(=O)[C@@H](C)SCc2ccccc2)c(C)n1-c1ccc(Br)cc1. The molecular weight excluding hydrogens is 446 g/mol. The summed E-state index contributed by atoms with van der Waals surface area (Å²) in [7, 11) is 0. The van der Waals surface area contributed by atoms with Crippen molar-refractivity contribution in [2.45, 2.75) is 31.8 Å². The fourth-order valence-electron chi connectivity index (χ4n) is 3.03. The highest BCUT2D eigenvalue weighted by Crippen LogP contribution is 2.21. The number of thioether (sulfide) groups is 1. The summed E-state index contributed by atoms with van der Waals surface area (Å²) in [5, 5.41) is 4.00. The van der Waals surface area contributed by atoms with Gasteiger partial charge in [-0.25, -0.2) is 5.43 Å². The van der Waals surface area contributed by atoms with E-state index in [1.165, 1.54) is 5.56 Å². The maximum Gasteiger partial charge on any atom is 0.252 e. The van der Waals surface area contributed by atoms with Gasteiger partial charge in [-0.15, -0.1) is 11.8 Å². The zero-order valence-corrected chi connectivity index (χ0v) is 19.1. The molecule has 29 heavy (non-hydrogen) atoms. The van der Waals surface area contributed by atoms with Gasteiger partial charge < -0.3 is 4.57 Å². The molecule has 1 atom stereocenters. The molecule has 1 N–H and O–H groups in total.